The van der Waals surface area contributed by atoms with Gasteiger partial charge in [0.2, 0.25) is 12.7 Å². The van der Waals surface area contributed by atoms with Crippen molar-refractivity contribution in [1.29, 1.82) is 0 Å². The molecule has 12 nitrogen and oxygen atoms in total. The van der Waals surface area contributed by atoms with Crippen LogP contribution in [0, 0.1) is 0 Å². The molecule has 1 aromatic carbocycles. The van der Waals surface area contributed by atoms with Gasteiger partial charge in [0.1, 0.15) is 17.2 Å². The third kappa shape index (κ3) is 6.37. The van der Waals surface area contributed by atoms with Crippen molar-refractivity contribution in [2.45, 2.75) is 31.8 Å². The molecular weight excluding hydrogens is 430 g/mol. The molecule has 1 fully saturated rings. The van der Waals surface area contributed by atoms with Crippen LogP contribution in [0.3, 0.4) is 0 Å². The minimum Gasteiger partial charge on any atom is -0.455 e. The molecule has 1 aliphatic heterocycles. The number of nitrogens with zero attached hydrogens (tertiary/aromatic N) is 4. The zero-order valence-electron chi connectivity index (χ0n) is 18.2. The smallest absolute Gasteiger partial charge is 0.412 e. The molecule has 176 valence electrons. The zero-order valence-corrected chi connectivity index (χ0v) is 18.2. The first-order valence-electron chi connectivity index (χ1n) is 10.4. The van der Waals surface area contributed by atoms with Crippen molar-refractivity contribution in [1.82, 2.24) is 9.88 Å². The fraction of sp³-hybridized carbons (Fsp3) is 0.381. The number of amides is 2. The number of para-hydroxylation sites is 1. The predicted molar refractivity (Wildman–Crippen MR) is 120 cm³/mol. The summed E-state index contributed by atoms with van der Waals surface area (Å²) in [5, 5.41) is 20.1. The van der Waals surface area contributed by atoms with Crippen molar-refractivity contribution < 1.29 is 24.2 Å². The molecule has 1 aromatic heterocycles. The number of rotatable bonds is 8. The number of hydrogen-bond acceptors (Lipinski definition) is 10. The average molecular weight is 457 g/mol. The quantitative estimate of drug-likeness (QED) is 0.344. The maximum atomic E-state index is 12.2. The summed E-state index contributed by atoms with van der Waals surface area (Å²) < 4.78 is 10.7. The van der Waals surface area contributed by atoms with Gasteiger partial charge in [0.25, 0.3) is 0 Å². The summed E-state index contributed by atoms with van der Waals surface area (Å²) in [7, 11) is 0. The molecule has 2 atom stereocenters. The number of nitrogen functional groups attached to an aromatic ring is 1. The van der Waals surface area contributed by atoms with Crippen LogP contribution in [0.4, 0.5) is 27.8 Å². The first kappa shape index (κ1) is 23.9. The van der Waals surface area contributed by atoms with Crippen molar-refractivity contribution in [3.05, 3.63) is 36.4 Å². The number of carbonyl (C=O) groups excluding carboxylic acids is 2. The minimum atomic E-state index is -0.686. The Morgan fingerprint density at radius 1 is 1.27 bits per heavy atom. The molecule has 2 aromatic rings. The van der Waals surface area contributed by atoms with Crippen molar-refractivity contribution in [2.75, 3.05) is 31.0 Å². The number of anilines is 2. The van der Waals surface area contributed by atoms with E-state index < -0.39 is 12.1 Å². The number of aliphatic hydroxyl groups is 1. The number of benzene rings is 1. The van der Waals surface area contributed by atoms with Crippen LogP contribution < -0.4 is 21.5 Å². The topological polar surface area (TPSA) is 178 Å². The monoisotopic (exact) mass is 457 g/mol. The molecule has 1 unspecified atom stereocenters. The fourth-order valence-electron chi connectivity index (χ4n) is 3.12. The second-order valence-corrected chi connectivity index (χ2v) is 7.39. The number of likely N-dealkylation sites (tertiary alicyclic amines) is 1. The zero-order chi connectivity index (χ0) is 23.8. The fourth-order valence-corrected chi connectivity index (χ4v) is 3.12. The van der Waals surface area contributed by atoms with E-state index >= 15 is 0 Å². The predicted octanol–water partition coefficient (Wildman–Crippen LogP) is 2.29. The van der Waals surface area contributed by atoms with Crippen molar-refractivity contribution in [2.24, 2.45) is 16.0 Å². The molecule has 3 rings (SSSR count). The van der Waals surface area contributed by atoms with Crippen LogP contribution in [0.1, 0.15) is 19.8 Å². The van der Waals surface area contributed by atoms with E-state index in [1.165, 1.54) is 11.0 Å². The molecule has 33 heavy (non-hydrogen) atoms. The summed E-state index contributed by atoms with van der Waals surface area (Å²) in [5.74, 6) is 0.277. The number of carbonyl (C=O) groups is 2. The van der Waals surface area contributed by atoms with E-state index in [-0.39, 0.29) is 37.0 Å². The second kappa shape index (κ2) is 11.2. The Labute approximate surface area is 190 Å². The van der Waals surface area contributed by atoms with Crippen LogP contribution in [0.25, 0.3) is 0 Å². The molecule has 0 radical (unpaired) electrons. The average Bonchev–Trinajstić information content (AvgIpc) is 3.28. The molecular formula is C21H27N7O5. The SMILES string of the molecule is C[C@H](N)C(=O)Nc1ccc(N=Nc2ccccc2OCOC(=O)N2CCCC2CO)c(N)n1. The van der Waals surface area contributed by atoms with E-state index in [0.29, 0.717) is 23.7 Å². The number of pyridine rings is 1. The van der Waals surface area contributed by atoms with Crippen LogP contribution in [0.2, 0.25) is 0 Å². The Kier molecular flexibility index (Phi) is 8.11. The maximum absolute atomic E-state index is 12.2. The van der Waals surface area contributed by atoms with Gasteiger partial charge in [-0.25, -0.2) is 9.78 Å². The molecule has 0 saturated carbocycles. The second-order valence-electron chi connectivity index (χ2n) is 7.39. The largest absolute Gasteiger partial charge is 0.455 e. The van der Waals surface area contributed by atoms with Crippen molar-refractivity contribution in [3.63, 3.8) is 0 Å². The van der Waals surface area contributed by atoms with Crippen molar-refractivity contribution >= 4 is 35.0 Å². The highest BCUT2D eigenvalue weighted by Crippen LogP contribution is 2.30. The normalized spacial score (nSPS) is 16.6. The third-order valence-electron chi connectivity index (χ3n) is 4.92. The van der Waals surface area contributed by atoms with Crippen LogP contribution >= 0.6 is 0 Å². The molecule has 0 aliphatic carbocycles. The van der Waals surface area contributed by atoms with Gasteiger partial charge in [0.05, 0.1) is 18.7 Å². The van der Waals surface area contributed by atoms with Crippen LogP contribution in [-0.2, 0) is 9.53 Å². The van der Waals surface area contributed by atoms with Gasteiger partial charge < -0.3 is 36.3 Å². The maximum Gasteiger partial charge on any atom is 0.412 e. The number of nitrogens with one attached hydrogen (secondary N) is 1. The summed E-state index contributed by atoms with van der Waals surface area (Å²) in [4.78, 5) is 29.4. The van der Waals surface area contributed by atoms with Gasteiger partial charge in [-0.1, -0.05) is 12.1 Å². The van der Waals surface area contributed by atoms with Gasteiger partial charge in [0.15, 0.2) is 11.6 Å². The highest BCUT2D eigenvalue weighted by molar-refractivity contribution is 5.93. The van der Waals surface area contributed by atoms with E-state index in [4.69, 9.17) is 20.9 Å². The molecule has 1 saturated heterocycles. The minimum absolute atomic E-state index is 0.0672. The Balaban J connectivity index is 1.61. The van der Waals surface area contributed by atoms with Crippen LogP contribution in [-0.4, -0.2) is 59.0 Å². The lowest BCUT2D eigenvalue weighted by atomic mass is 10.2. The number of aliphatic hydroxyl groups excluding tert-OH is 1. The third-order valence-corrected chi connectivity index (χ3v) is 4.92. The number of aromatic nitrogens is 1. The lowest BCUT2D eigenvalue weighted by molar-refractivity contribution is -0.117. The van der Waals surface area contributed by atoms with E-state index in [1.807, 2.05) is 0 Å². The van der Waals surface area contributed by atoms with Gasteiger partial charge in [-0.15, -0.1) is 10.2 Å². The Morgan fingerprint density at radius 2 is 2.03 bits per heavy atom. The number of ether oxygens (including phenoxy) is 2. The van der Waals surface area contributed by atoms with Gasteiger partial charge in [-0.2, -0.15) is 0 Å². The summed E-state index contributed by atoms with van der Waals surface area (Å²) in [6.45, 7) is 1.67. The van der Waals surface area contributed by atoms with Gasteiger partial charge in [-0.05, 0) is 44.0 Å². The Morgan fingerprint density at radius 3 is 2.76 bits per heavy atom. The Bertz CT molecular complexity index is 1010. The first-order valence-corrected chi connectivity index (χ1v) is 10.4. The molecule has 1 aliphatic rings. The molecule has 12 heteroatoms. The van der Waals surface area contributed by atoms with Crippen LogP contribution in [0.5, 0.6) is 5.75 Å². The highest BCUT2D eigenvalue weighted by atomic mass is 16.7. The van der Waals surface area contributed by atoms with E-state index in [2.05, 4.69) is 20.5 Å². The standard InChI is InChI=1S/C21H27N7O5/c1-13(22)20(30)25-18-9-8-16(19(23)24-18)27-26-15-6-2-3-7-17(15)32-12-33-21(31)28-10-4-5-14(28)11-29/h2-3,6-9,13-14,29H,4-5,10-12,22H2,1H3,(H3,23,24,25,30)/t13-,14?/m0/s1. The lowest BCUT2D eigenvalue weighted by Gasteiger charge is -2.22. The van der Waals surface area contributed by atoms with Gasteiger partial charge in [-0.3, -0.25) is 4.79 Å². The number of hydrogen-bond donors (Lipinski definition) is 4. The number of azo groups is 1. The molecule has 0 spiro atoms. The van der Waals surface area contributed by atoms with Gasteiger partial charge in [0, 0.05) is 6.54 Å². The van der Waals surface area contributed by atoms with Gasteiger partial charge >= 0.3 is 6.09 Å². The first-order chi connectivity index (χ1) is 15.9. The summed E-state index contributed by atoms with van der Waals surface area (Å²) in [6.07, 6.45) is 1.02. The summed E-state index contributed by atoms with van der Waals surface area (Å²) >= 11 is 0. The Hall–Kier alpha value is -3.77. The molecule has 6 N–H and O–H groups in total. The van der Waals surface area contributed by atoms with E-state index in [9.17, 15) is 14.7 Å². The molecule has 0 bridgehead atoms. The summed E-state index contributed by atoms with van der Waals surface area (Å²) in [6, 6.07) is 8.99. The van der Waals surface area contributed by atoms with Crippen molar-refractivity contribution in [3.8, 4) is 5.75 Å². The van der Waals surface area contributed by atoms with E-state index in [1.54, 1.807) is 37.3 Å². The van der Waals surface area contributed by atoms with E-state index in [0.717, 1.165) is 12.8 Å². The molecule has 2 amide bonds. The number of nitrogens with two attached hydrogens (primary N) is 2. The highest BCUT2D eigenvalue weighted by Gasteiger charge is 2.29. The van der Waals surface area contributed by atoms with Crippen LogP contribution in [0.15, 0.2) is 46.6 Å². The summed E-state index contributed by atoms with van der Waals surface area (Å²) in [5.41, 5.74) is 12.1. The lowest BCUT2D eigenvalue weighted by Crippen LogP contribution is -2.38. The molecule has 2 heterocycles.